The van der Waals surface area contributed by atoms with E-state index in [1.807, 2.05) is 62.1 Å². The van der Waals surface area contributed by atoms with Gasteiger partial charge in [0.15, 0.2) is 0 Å². The molecular formula is C18H23N3O2. The van der Waals surface area contributed by atoms with Gasteiger partial charge in [0.2, 0.25) is 0 Å². The van der Waals surface area contributed by atoms with Gasteiger partial charge in [-0.1, -0.05) is 30.3 Å². The number of rotatable bonds is 2. The Morgan fingerprint density at radius 2 is 1.70 bits per heavy atom. The average molecular weight is 313 g/mol. The quantitative estimate of drug-likeness (QED) is 0.787. The van der Waals surface area contributed by atoms with Crippen LogP contribution in [-0.2, 0) is 4.74 Å². The van der Waals surface area contributed by atoms with Gasteiger partial charge < -0.3 is 14.5 Å². The van der Waals surface area contributed by atoms with E-state index in [0.29, 0.717) is 31.9 Å². The summed E-state index contributed by atoms with van der Waals surface area (Å²) in [6.07, 6.45) is 1.59. The highest BCUT2D eigenvalue weighted by atomic mass is 16.6. The predicted octanol–water partition coefficient (Wildman–Crippen LogP) is 3.10. The van der Waals surface area contributed by atoms with Crippen LogP contribution in [0.15, 0.2) is 36.0 Å². The molecule has 0 aliphatic carbocycles. The monoisotopic (exact) mass is 313 g/mol. The van der Waals surface area contributed by atoms with Gasteiger partial charge in [-0.2, -0.15) is 5.26 Å². The molecule has 5 heteroatoms. The Kier molecular flexibility index (Phi) is 5.28. The summed E-state index contributed by atoms with van der Waals surface area (Å²) in [4.78, 5) is 15.8. The van der Waals surface area contributed by atoms with Gasteiger partial charge in [-0.25, -0.2) is 4.79 Å². The SMILES string of the molecule is CC(C)(C)OC(=O)N1CCN(/C(C#N)=C/c2ccccc2)CC1. The van der Waals surface area contributed by atoms with Crippen molar-refractivity contribution in [3.63, 3.8) is 0 Å². The maximum atomic E-state index is 12.1. The third kappa shape index (κ3) is 5.03. The van der Waals surface area contributed by atoms with Crippen molar-refractivity contribution >= 4 is 12.2 Å². The highest BCUT2D eigenvalue weighted by Crippen LogP contribution is 2.16. The van der Waals surface area contributed by atoms with Crippen molar-refractivity contribution in [2.24, 2.45) is 0 Å². The number of hydrogen-bond donors (Lipinski definition) is 0. The minimum absolute atomic E-state index is 0.289. The Labute approximate surface area is 137 Å². The van der Waals surface area contributed by atoms with E-state index in [9.17, 15) is 10.1 Å². The Morgan fingerprint density at radius 3 is 2.22 bits per heavy atom. The topological polar surface area (TPSA) is 56.6 Å². The van der Waals surface area contributed by atoms with Crippen LogP contribution in [0.3, 0.4) is 0 Å². The maximum absolute atomic E-state index is 12.1. The molecule has 5 nitrogen and oxygen atoms in total. The van der Waals surface area contributed by atoms with Gasteiger partial charge in [0, 0.05) is 26.2 Å². The van der Waals surface area contributed by atoms with E-state index in [0.717, 1.165) is 5.56 Å². The van der Waals surface area contributed by atoms with Gasteiger partial charge in [0.25, 0.3) is 0 Å². The summed E-state index contributed by atoms with van der Waals surface area (Å²) in [6.45, 7) is 7.95. The van der Waals surface area contributed by atoms with Gasteiger partial charge in [-0.05, 0) is 32.4 Å². The normalized spacial score (nSPS) is 16.0. The van der Waals surface area contributed by atoms with Crippen molar-refractivity contribution in [3.8, 4) is 6.07 Å². The number of ether oxygens (including phenoxy) is 1. The highest BCUT2D eigenvalue weighted by Gasteiger charge is 2.26. The molecule has 2 rings (SSSR count). The number of carbonyl (C=O) groups excluding carboxylic acids is 1. The van der Waals surface area contributed by atoms with E-state index in [1.165, 1.54) is 0 Å². The van der Waals surface area contributed by atoms with Gasteiger partial charge >= 0.3 is 6.09 Å². The van der Waals surface area contributed by atoms with Gasteiger partial charge in [-0.3, -0.25) is 0 Å². The molecule has 1 saturated heterocycles. The fourth-order valence-electron chi connectivity index (χ4n) is 2.36. The molecule has 1 heterocycles. The number of nitrogens with zero attached hydrogens (tertiary/aromatic N) is 3. The fraction of sp³-hybridized carbons (Fsp3) is 0.444. The Balaban J connectivity index is 1.97. The zero-order valence-electron chi connectivity index (χ0n) is 14.0. The first-order chi connectivity index (χ1) is 10.9. The Morgan fingerprint density at radius 1 is 1.13 bits per heavy atom. The van der Waals surface area contributed by atoms with E-state index in [-0.39, 0.29) is 6.09 Å². The molecule has 0 N–H and O–H groups in total. The molecule has 1 aromatic carbocycles. The second kappa shape index (κ2) is 7.19. The first kappa shape index (κ1) is 16.9. The van der Waals surface area contributed by atoms with E-state index < -0.39 is 5.60 Å². The number of amides is 1. The summed E-state index contributed by atoms with van der Waals surface area (Å²) in [7, 11) is 0. The van der Waals surface area contributed by atoms with Crippen LogP contribution in [0.5, 0.6) is 0 Å². The molecule has 0 aromatic heterocycles. The Bertz CT molecular complexity index is 603. The maximum Gasteiger partial charge on any atom is 0.410 e. The molecule has 1 amide bonds. The average Bonchev–Trinajstić information content (AvgIpc) is 2.52. The van der Waals surface area contributed by atoms with E-state index in [1.54, 1.807) is 4.90 Å². The molecule has 0 unspecified atom stereocenters. The van der Waals surface area contributed by atoms with Crippen LogP contribution < -0.4 is 0 Å². The summed E-state index contributed by atoms with van der Waals surface area (Å²) in [5.41, 5.74) is 1.14. The number of allylic oxidation sites excluding steroid dienone is 1. The van der Waals surface area contributed by atoms with Crippen molar-refractivity contribution in [3.05, 3.63) is 41.6 Å². The van der Waals surface area contributed by atoms with Crippen LogP contribution in [-0.4, -0.2) is 47.7 Å². The van der Waals surface area contributed by atoms with Crippen molar-refractivity contribution in [2.45, 2.75) is 26.4 Å². The molecular weight excluding hydrogens is 290 g/mol. The van der Waals surface area contributed by atoms with E-state index in [2.05, 4.69) is 6.07 Å². The predicted molar refractivity (Wildman–Crippen MR) is 89.4 cm³/mol. The van der Waals surface area contributed by atoms with Crippen molar-refractivity contribution in [2.75, 3.05) is 26.2 Å². The lowest BCUT2D eigenvalue weighted by atomic mass is 10.2. The zero-order valence-corrected chi connectivity index (χ0v) is 14.0. The molecule has 0 bridgehead atoms. The number of hydrogen-bond acceptors (Lipinski definition) is 4. The zero-order chi connectivity index (χ0) is 16.9. The number of nitriles is 1. The molecule has 122 valence electrons. The van der Waals surface area contributed by atoms with Crippen LogP contribution in [0.25, 0.3) is 6.08 Å². The number of carbonyl (C=O) groups is 1. The third-order valence-electron chi connectivity index (χ3n) is 3.49. The van der Waals surface area contributed by atoms with E-state index in [4.69, 9.17) is 4.74 Å². The van der Waals surface area contributed by atoms with Crippen molar-refractivity contribution in [1.82, 2.24) is 9.80 Å². The van der Waals surface area contributed by atoms with Crippen LogP contribution in [0.4, 0.5) is 4.79 Å². The first-order valence-corrected chi connectivity index (χ1v) is 7.79. The van der Waals surface area contributed by atoms with Crippen molar-refractivity contribution < 1.29 is 9.53 Å². The molecule has 0 atom stereocenters. The van der Waals surface area contributed by atoms with E-state index >= 15 is 0 Å². The first-order valence-electron chi connectivity index (χ1n) is 7.79. The summed E-state index contributed by atoms with van der Waals surface area (Å²) in [6, 6.07) is 12.0. The van der Waals surface area contributed by atoms with Crippen LogP contribution in [0, 0.1) is 11.3 Å². The standard InChI is InChI=1S/C18H23N3O2/c1-18(2,3)23-17(22)21-11-9-20(10-12-21)16(14-19)13-15-7-5-4-6-8-15/h4-8,13H,9-12H2,1-3H3/b16-13+. The number of piperazine rings is 1. The number of benzene rings is 1. The van der Waals surface area contributed by atoms with Gasteiger partial charge in [0.05, 0.1) is 0 Å². The lowest BCUT2D eigenvalue weighted by Crippen LogP contribution is -2.49. The molecule has 23 heavy (non-hydrogen) atoms. The Hall–Kier alpha value is -2.48. The van der Waals surface area contributed by atoms with Gasteiger partial charge in [-0.15, -0.1) is 0 Å². The molecule has 1 aliphatic rings. The summed E-state index contributed by atoms with van der Waals surface area (Å²) >= 11 is 0. The molecule has 1 fully saturated rings. The lowest BCUT2D eigenvalue weighted by molar-refractivity contribution is 0.0172. The van der Waals surface area contributed by atoms with Crippen LogP contribution in [0.2, 0.25) is 0 Å². The largest absolute Gasteiger partial charge is 0.444 e. The summed E-state index contributed by atoms with van der Waals surface area (Å²) < 4.78 is 5.38. The highest BCUT2D eigenvalue weighted by molar-refractivity contribution is 5.68. The third-order valence-corrected chi connectivity index (χ3v) is 3.49. The lowest BCUT2D eigenvalue weighted by Gasteiger charge is -2.36. The molecule has 0 spiro atoms. The molecule has 1 aliphatic heterocycles. The van der Waals surface area contributed by atoms with Gasteiger partial charge in [0.1, 0.15) is 17.4 Å². The molecule has 0 radical (unpaired) electrons. The summed E-state index contributed by atoms with van der Waals surface area (Å²) in [5, 5.41) is 9.40. The second-order valence-corrected chi connectivity index (χ2v) is 6.51. The molecule has 0 saturated carbocycles. The smallest absolute Gasteiger partial charge is 0.410 e. The second-order valence-electron chi connectivity index (χ2n) is 6.51. The molecule has 1 aromatic rings. The minimum Gasteiger partial charge on any atom is -0.444 e. The summed E-state index contributed by atoms with van der Waals surface area (Å²) in [5.74, 6) is 0. The van der Waals surface area contributed by atoms with Crippen molar-refractivity contribution in [1.29, 1.82) is 5.26 Å². The fourth-order valence-corrected chi connectivity index (χ4v) is 2.36. The minimum atomic E-state index is -0.487. The van der Waals surface area contributed by atoms with Crippen LogP contribution >= 0.6 is 0 Å². The van der Waals surface area contributed by atoms with Crippen LogP contribution in [0.1, 0.15) is 26.3 Å².